The van der Waals surface area contributed by atoms with Crippen molar-refractivity contribution >= 4 is 11.9 Å². The van der Waals surface area contributed by atoms with Gasteiger partial charge in [-0.1, -0.05) is 58.2 Å². The molecule has 0 spiro atoms. The van der Waals surface area contributed by atoms with Gasteiger partial charge in [0.15, 0.2) is 0 Å². The summed E-state index contributed by atoms with van der Waals surface area (Å²) >= 11 is 0. The third-order valence-corrected chi connectivity index (χ3v) is 6.83. The van der Waals surface area contributed by atoms with E-state index in [0.29, 0.717) is 5.75 Å². The average molecular weight is 432 g/mol. The van der Waals surface area contributed by atoms with E-state index in [1.165, 1.54) is 0 Å². The number of nitrogens with zero attached hydrogens (tertiary/aromatic N) is 1. The Labute approximate surface area is 185 Å². The van der Waals surface area contributed by atoms with Gasteiger partial charge >= 0.3 is 5.97 Å². The molecule has 0 bridgehead atoms. The molecule has 1 amide bonds. The Hall–Kier alpha value is -2.08. The van der Waals surface area contributed by atoms with Crippen LogP contribution >= 0.6 is 0 Å². The molecule has 1 aliphatic carbocycles. The van der Waals surface area contributed by atoms with Gasteiger partial charge in [-0.05, 0) is 31.2 Å². The summed E-state index contributed by atoms with van der Waals surface area (Å²) in [5.41, 5.74) is 0.307. The number of likely N-dealkylation sites (tertiary alicyclic amines) is 1. The number of hydrogen-bond acceptors (Lipinski definition) is 5. The quantitative estimate of drug-likeness (QED) is 0.710. The van der Waals surface area contributed by atoms with E-state index in [2.05, 4.69) is 0 Å². The molecule has 1 aromatic carbocycles. The van der Waals surface area contributed by atoms with E-state index in [4.69, 9.17) is 9.47 Å². The molecule has 1 aromatic rings. The third kappa shape index (κ3) is 4.59. The molecule has 1 heterocycles. The molecule has 2 aliphatic rings. The molecule has 1 N–H and O–H groups in total. The molecule has 0 radical (unpaired) electrons. The molecular formula is C25H37NO5. The maximum atomic E-state index is 13.9. The van der Waals surface area contributed by atoms with E-state index in [-0.39, 0.29) is 18.4 Å². The Morgan fingerprint density at radius 1 is 1.13 bits per heavy atom. The smallest absolute Gasteiger partial charge is 0.329 e. The number of rotatable bonds is 5. The Morgan fingerprint density at radius 3 is 2.35 bits per heavy atom. The summed E-state index contributed by atoms with van der Waals surface area (Å²) in [7, 11) is 1.58. The lowest BCUT2D eigenvalue weighted by Crippen LogP contribution is -2.49. The lowest BCUT2D eigenvalue weighted by molar-refractivity contribution is -0.158. The average Bonchev–Trinajstić information content (AvgIpc) is 3.07. The Kier molecular flexibility index (Phi) is 7.30. The van der Waals surface area contributed by atoms with Crippen LogP contribution in [-0.4, -0.2) is 47.7 Å². The number of carbonyl (C=O) groups excluding carboxylic acids is 2. The number of hydrogen-bond donors (Lipinski definition) is 1. The fourth-order valence-electron chi connectivity index (χ4n) is 5.45. The highest BCUT2D eigenvalue weighted by Crippen LogP contribution is 2.50. The number of aliphatic hydroxyl groups excluding tert-OH is 1. The van der Waals surface area contributed by atoms with Crippen LogP contribution in [-0.2, 0) is 14.3 Å². The second-order valence-electron chi connectivity index (χ2n) is 9.85. The van der Waals surface area contributed by atoms with E-state index in [9.17, 15) is 14.7 Å². The Balaban J connectivity index is 2.15. The molecule has 1 aliphatic heterocycles. The number of ether oxygens (including phenoxy) is 2. The van der Waals surface area contributed by atoms with Crippen LogP contribution in [0.2, 0.25) is 0 Å². The fourth-order valence-corrected chi connectivity index (χ4v) is 5.45. The molecule has 1 unspecified atom stereocenters. The Morgan fingerprint density at radius 2 is 1.77 bits per heavy atom. The summed E-state index contributed by atoms with van der Waals surface area (Å²) in [6.45, 7) is 8.00. The van der Waals surface area contributed by atoms with Crippen molar-refractivity contribution in [3.05, 3.63) is 29.8 Å². The predicted octanol–water partition coefficient (Wildman–Crippen LogP) is 4.11. The van der Waals surface area contributed by atoms with Crippen LogP contribution in [0, 0.1) is 17.3 Å². The monoisotopic (exact) mass is 431 g/mol. The predicted molar refractivity (Wildman–Crippen MR) is 119 cm³/mol. The lowest BCUT2D eigenvalue weighted by atomic mass is 9.73. The van der Waals surface area contributed by atoms with Gasteiger partial charge in [-0.3, -0.25) is 4.79 Å². The molecule has 172 valence electrons. The zero-order valence-corrected chi connectivity index (χ0v) is 19.5. The van der Waals surface area contributed by atoms with Gasteiger partial charge in [-0.25, -0.2) is 4.79 Å². The van der Waals surface area contributed by atoms with Gasteiger partial charge < -0.3 is 19.5 Å². The van der Waals surface area contributed by atoms with Crippen molar-refractivity contribution in [2.45, 2.75) is 78.0 Å². The van der Waals surface area contributed by atoms with Crippen LogP contribution in [0.5, 0.6) is 5.75 Å². The number of amides is 1. The summed E-state index contributed by atoms with van der Waals surface area (Å²) in [6.07, 6.45) is 3.88. The first-order valence-electron chi connectivity index (χ1n) is 11.5. The van der Waals surface area contributed by atoms with Gasteiger partial charge in [0, 0.05) is 17.4 Å². The fraction of sp³-hybridized carbons (Fsp3) is 0.680. The van der Waals surface area contributed by atoms with Gasteiger partial charge in [-0.2, -0.15) is 0 Å². The highest BCUT2D eigenvalue weighted by molar-refractivity contribution is 5.88. The number of aliphatic hydroxyl groups is 1. The van der Waals surface area contributed by atoms with Crippen molar-refractivity contribution in [1.29, 1.82) is 0 Å². The van der Waals surface area contributed by atoms with Crippen molar-refractivity contribution < 1.29 is 24.2 Å². The van der Waals surface area contributed by atoms with Gasteiger partial charge in [0.25, 0.3) is 0 Å². The molecule has 6 heteroatoms. The summed E-state index contributed by atoms with van der Waals surface area (Å²) in [5, 5.41) is 11.6. The van der Waals surface area contributed by atoms with Crippen molar-refractivity contribution in [3.8, 4) is 5.75 Å². The van der Waals surface area contributed by atoms with Crippen LogP contribution in [0.25, 0.3) is 0 Å². The SMILES string of the molecule is CCOC(=O)[C@H]1[C@H](C(C)(C)C)C(O)[C@@H](c2ccccc2OC)N1C(=O)C1CCCCC1. The molecular weight excluding hydrogens is 394 g/mol. The topological polar surface area (TPSA) is 76.1 Å². The summed E-state index contributed by atoms with van der Waals surface area (Å²) in [4.78, 5) is 28.8. The minimum Gasteiger partial charge on any atom is -0.496 e. The molecule has 31 heavy (non-hydrogen) atoms. The number of carbonyl (C=O) groups is 2. The third-order valence-electron chi connectivity index (χ3n) is 6.83. The molecule has 6 nitrogen and oxygen atoms in total. The number of benzene rings is 1. The molecule has 1 saturated heterocycles. The highest BCUT2D eigenvalue weighted by Gasteiger charge is 2.59. The summed E-state index contributed by atoms with van der Waals surface area (Å²) < 4.78 is 11.0. The molecule has 3 rings (SSSR count). The van der Waals surface area contributed by atoms with Crippen molar-refractivity contribution in [3.63, 3.8) is 0 Å². The van der Waals surface area contributed by atoms with Gasteiger partial charge in [0.1, 0.15) is 11.8 Å². The first-order chi connectivity index (χ1) is 14.7. The minimum absolute atomic E-state index is 0.0561. The van der Waals surface area contributed by atoms with Gasteiger partial charge in [-0.15, -0.1) is 0 Å². The number of para-hydroxylation sites is 1. The van der Waals surface area contributed by atoms with Crippen LogP contribution in [0.3, 0.4) is 0 Å². The number of esters is 1. The lowest BCUT2D eigenvalue weighted by Gasteiger charge is -2.36. The zero-order valence-electron chi connectivity index (χ0n) is 19.5. The van der Waals surface area contributed by atoms with Crippen LogP contribution in [0.1, 0.15) is 71.4 Å². The van der Waals surface area contributed by atoms with E-state index in [0.717, 1.165) is 37.7 Å². The molecule has 0 aromatic heterocycles. The van der Waals surface area contributed by atoms with Crippen molar-refractivity contribution in [1.82, 2.24) is 4.90 Å². The van der Waals surface area contributed by atoms with Crippen LogP contribution < -0.4 is 4.74 Å². The van der Waals surface area contributed by atoms with E-state index < -0.39 is 35.5 Å². The normalized spacial score (nSPS) is 27.2. The largest absolute Gasteiger partial charge is 0.496 e. The van der Waals surface area contributed by atoms with E-state index in [1.54, 1.807) is 18.9 Å². The molecule has 1 saturated carbocycles. The van der Waals surface area contributed by atoms with E-state index >= 15 is 0 Å². The van der Waals surface area contributed by atoms with Crippen molar-refractivity contribution in [2.24, 2.45) is 17.3 Å². The van der Waals surface area contributed by atoms with Crippen molar-refractivity contribution in [2.75, 3.05) is 13.7 Å². The molecule has 4 atom stereocenters. The van der Waals surface area contributed by atoms with Gasteiger partial charge in [0.05, 0.1) is 25.9 Å². The minimum atomic E-state index is -0.918. The Bertz CT molecular complexity index is 780. The summed E-state index contributed by atoms with van der Waals surface area (Å²) in [6, 6.07) is 5.94. The maximum absolute atomic E-state index is 13.9. The zero-order chi connectivity index (χ0) is 22.8. The van der Waals surface area contributed by atoms with E-state index in [1.807, 2.05) is 45.0 Å². The second-order valence-corrected chi connectivity index (χ2v) is 9.85. The standard InChI is InChI=1S/C25H37NO5/c1-6-31-24(29)21-19(25(2,3)4)22(27)20(17-14-10-11-15-18(17)30-5)26(21)23(28)16-12-8-7-9-13-16/h10-11,14-16,19-22,27H,6-9,12-13H2,1-5H3/t19-,20+,21+,22?/m0/s1. The van der Waals surface area contributed by atoms with Crippen LogP contribution in [0.15, 0.2) is 24.3 Å². The summed E-state index contributed by atoms with van der Waals surface area (Å²) in [5.74, 6) is -0.490. The van der Waals surface area contributed by atoms with Crippen LogP contribution in [0.4, 0.5) is 0 Å². The maximum Gasteiger partial charge on any atom is 0.329 e. The molecule has 2 fully saturated rings. The van der Waals surface area contributed by atoms with Gasteiger partial charge in [0.2, 0.25) is 5.91 Å². The number of methoxy groups -OCH3 is 1. The first-order valence-corrected chi connectivity index (χ1v) is 11.5. The highest BCUT2D eigenvalue weighted by atomic mass is 16.5. The first kappa shape index (κ1) is 23.6. The second kappa shape index (κ2) is 9.60.